The lowest BCUT2D eigenvalue weighted by molar-refractivity contribution is -0.161. The molecule has 0 aromatic heterocycles. The molecule has 5 atom stereocenters. The molecule has 0 aromatic rings. The Hall–Kier alpha value is -5.09. The van der Waals surface area contributed by atoms with E-state index < -0.39 is 91.5 Å². The van der Waals surface area contributed by atoms with Crippen molar-refractivity contribution in [2.45, 2.75) is 386 Å². The average Bonchev–Trinajstić information content (AvgIpc) is 0.902. The molecule has 0 radical (unpaired) electrons. The fourth-order valence-corrected chi connectivity index (χ4v) is 13.7. The zero-order valence-electron chi connectivity index (χ0n) is 72.4. The van der Waals surface area contributed by atoms with E-state index in [4.69, 9.17) is 32.3 Å². The number of hydrogen-bond acceptors (Lipinski definition) is 14. The van der Waals surface area contributed by atoms with E-state index in [0.29, 0.717) is 25.7 Å². The summed E-state index contributed by atoms with van der Waals surface area (Å²) >= 11 is 0. The Morgan fingerprint density at radius 1 is 0.252 bits per heavy atom. The van der Waals surface area contributed by atoms with Gasteiger partial charge in [0.05, 0.1) is 26.4 Å². The van der Waals surface area contributed by atoms with Crippen LogP contribution in [0, 0.1) is 0 Å². The molecule has 0 amide bonds. The summed E-state index contributed by atoms with van der Waals surface area (Å²) in [5.41, 5.74) is 0. The van der Waals surface area contributed by atoms with E-state index in [0.717, 1.165) is 135 Å². The molecule has 0 heterocycles. The number of unbranched alkanes of at least 4 members (excludes halogenated alkanes) is 34. The van der Waals surface area contributed by atoms with Crippen LogP contribution >= 0.6 is 15.6 Å². The quantitative estimate of drug-likeness (QED) is 0.0146. The first-order chi connectivity index (χ1) is 56.2. The molecule has 18 heteroatoms. The molecule has 0 spiro atoms. The van der Waals surface area contributed by atoms with E-state index in [1.165, 1.54) is 167 Å². The van der Waals surface area contributed by atoms with Crippen molar-refractivity contribution in [1.82, 2.24) is 0 Å². The van der Waals surface area contributed by atoms with Crippen LogP contribution in [0.2, 0.25) is 0 Å². The molecule has 0 aliphatic rings. The van der Waals surface area contributed by atoms with Gasteiger partial charge < -0.3 is 34.2 Å². The van der Waals surface area contributed by atoms with E-state index in [2.05, 4.69) is 179 Å². The Balaban J connectivity index is 4.52. The number of carbonyl (C=O) groups is 3. The van der Waals surface area contributed by atoms with Gasteiger partial charge in [0.2, 0.25) is 0 Å². The maximum Gasteiger partial charge on any atom is 0.472 e. The fourth-order valence-electron chi connectivity index (χ4n) is 12.1. The molecule has 5 unspecified atom stereocenters. The maximum absolute atomic E-state index is 13.0. The molecular weight excluding hydrogens is 1480 g/mol. The lowest BCUT2D eigenvalue weighted by atomic mass is 10.0. The van der Waals surface area contributed by atoms with Gasteiger partial charge in [-0.05, 0) is 148 Å². The van der Waals surface area contributed by atoms with E-state index >= 15 is 0 Å². The second kappa shape index (κ2) is 88.2. The lowest BCUT2D eigenvalue weighted by Gasteiger charge is -2.21. The second-order valence-electron chi connectivity index (χ2n) is 30.0. The van der Waals surface area contributed by atoms with E-state index in [1.807, 2.05) is 12.2 Å². The van der Waals surface area contributed by atoms with Crippen molar-refractivity contribution in [1.29, 1.82) is 0 Å². The Labute approximate surface area is 701 Å². The number of allylic oxidation sites excluding steroid dienone is 28. The van der Waals surface area contributed by atoms with Crippen LogP contribution in [0.4, 0.5) is 0 Å². The Kier molecular flexibility index (Phi) is 84.3. The van der Waals surface area contributed by atoms with Crippen LogP contribution < -0.4 is 0 Å². The first kappa shape index (κ1) is 110. The predicted molar refractivity (Wildman–Crippen MR) is 482 cm³/mol. The van der Waals surface area contributed by atoms with Crippen LogP contribution in [-0.4, -0.2) is 95.9 Å². The van der Waals surface area contributed by atoms with Crippen LogP contribution in [0.25, 0.3) is 0 Å². The molecule has 0 aliphatic heterocycles. The topological polar surface area (TPSA) is 231 Å². The number of aliphatic hydroxyl groups is 2. The minimum absolute atomic E-state index is 0.0225. The number of carbonyl (C=O) groups excluding carboxylic acids is 3. The van der Waals surface area contributed by atoms with Crippen molar-refractivity contribution >= 4 is 33.6 Å². The summed E-state index contributed by atoms with van der Waals surface area (Å²) in [7, 11) is -9.83. The lowest BCUT2D eigenvalue weighted by Crippen LogP contribution is -2.30. The number of esters is 3. The number of hydrogen-bond donors (Lipinski definition) is 4. The van der Waals surface area contributed by atoms with Crippen LogP contribution in [0.5, 0.6) is 0 Å². The first-order valence-electron chi connectivity index (χ1n) is 45.4. The Morgan fingerprint density at radius 2 is 0.470 bits per heavy atom. The number of rotatable bonds is 85. The number of phosphoric acid groups is 2. The van der Waals surface area contributed by atoms with Gasteiger partial charge in [-0.1, -0.05) is 371 Å². The summed E-state index contributed by atoms with van der Waals surface area (Å²) in [5, 5.41) is 20.7. The van der Waals surface area contributed by atoms with E-state index in [1.54, 1.807) is 0 Å². The summed E-state index contributed by atoms with van der Waals surface area (Å²) in [5.74, 6) is -1.64. The smallest absolute Gasteiger partial charge is 0.463 e. The van der Waals surface area contributed by atoms with Crippen molar-refractivity contribution in [3.05, 3.63) is 170 Å². The summed E-state index contributed by atoms with van der Waals surface area (Å²) in [6, 6.07) is 0. The van der Waals surface area contributed by atoms with Crippen LogP contribution in [0.15, 0.2) is 170 Å². The zero-order valence-corrected chi connectivity index (χ0v) is 74.2. The van der Waals surface area contributed by atoms with Gasteiger partial charge >= 0.3 is 33.6 Å². The Morgan fingerprint density at radius 3 is 0.757 bits per heavy atom. The molecular formula is C97H164O16P2. The van der Waals surface area contributed by atoms with Crippen molar-refractivity contribution in [2.24, 2.45) is 0 Å². The van der Waals surface area contributed by atoms with E-state index in [9.17, 15) is 43.5 Å². The molecule has 0 fully saturated rings. The van der Waals surface area contributed by atoms with Gasteiger partial charge in [0.15, 0.2) is 6.10 Å². The van der Waals surface area contributed by atoms with Gasteiger partial charge in [-0.2, -0.15) is 0 Å². The Bertz CT molecular complexity index is 2770. The molecule has 658 valence electrons. The maximum atomic E-state index is 13.0. The number of aliphatic hydroxyl groups excluding tert-OH is 2. The highest BCUT2D eigenvalue weighted by molar-refractivity contribution is 7.47. The highest BCUT2D eigenvalue weighted by Gasteiger charge is 2.29. The van der Waals surface area contributed by atoms with Gasteiger partial charge in [0.1, 0.15) is 25.4 Å². The third-order valence-electron chi connectivity index (χ3n) is 18.9. The fraction of sp³-hybridized carbons (Fsp3) is 0.680. The summed E-state index contributed by atoms with van der Waals surface area (Å²) < 4.78 is 61.3. The van der Waals surface area contributed by atoms with Crippen molar-refractivity contribution in [3.63, 3.8) is 0 Å². The summed E-state index contributed by atoms with van der Waals surface area (Å²) in [4.78, 5) is 58.9. The molecule has 0 aromatic carbocycles. The third-order valence-corrected chi connectivity index (χ3v) is 20.8. The molecule has 0 rings (SSSR count). The highest BCUT2D eigenvalue weighted by atomic mass is 31.2. The van der Waals surface area contributed by atoms with Crippen molar-refractivity contribution < 1.29 is 75.8 Å². The van der Waals surface area contributed by atoms with Crippen LogP contribution in [-0.2, 0) is 55.8 Å². The molecule has 0 saturated carbocycles. The predicted octanol–water partition coefficient (Wildman–Crippen LogP) is 27.9. The SMILES string of the molecule is CC/C=C\C/C=C\C/C=C\C/C=C\C/C=C\CCCCCCCCCCCCCCCCCCCC(=O)OCC(O)COP(=O)(O)OCC(O)COP(=O)(O)OCC(COC(=O)CCCCCCCCCCCCCCC/C=C\C/C=C\C/C=C\C/C=C\CCCCC)OC(=O)CCC/C=C\C/C=C\C/C=C\C/C=C\C/C=C\CC. The second-order valence-corrected chi connectivity index (χ2v) is 32.9. The van der Waals surface area contributed by atoms with Gasteiger partial charge in [0.25, 0.3) is 0 Å². The molecule has 0 saturated heterocycles. The van der Waals surface area contributed by atoms with E-state index in [-0.39, 0.29) is 19.3 Å². The average molecular weight is 1650 g/mol. The first-order valence-corrected chi connectivity index (χ1v) is 48.4. The number of ether oxygens (including phenoxy) is 3. The van der Waals surface area contributed by atoms with Gasteiger partial charge in [-0.3, -0.25) is 32.5 Å². The largest absolute Gasteiger partial charge is 0.472 e. The standard InChI is InChI=1S/C97H164O16P2/c1-4-7-10-13-16-19-22-25-28-31-33-35-37-39-41-43-44-45-46-48-50-51-53-55-57-60-62-65-68-71-74-77-80-83-95(100)107-86-92(98)87-109-114(103,104)110-88-93(99)89-111-115(105,106)112-91-94(113-97(102)85-82-79-76-73-70-67-64-59-30-27-24-21-18-15-12-9-6-3)90-108-96(101)84-81-78-75-72-69-66-63-61-58-56-54-52-49-47-42-40-38-36-34-32-29-26-23-20-17-14-11-8-5-2/h7,9-10,12,16-21,25-30,33-36,39-42,64,67,73,76,92-94,98-99H,4-6,8,11,13-15,22-24,31-32,37-38,43-63,65-66,68-72,74-75,77-91H2,1-3H3,(H,103,104)(H,105,106)/b10-7-,12-9-,19-16-,20-17-,21-18-,28-25-,29-26-,30-27-,35-33-,36-34-,41-39-,42-40-,67-64-,76-73-. The molecule has 115 heavy (non-hydrogen) atoms. The van der Waals surface area contributed by atoms with Crippen LogP contribution in [0.1, 0.15) is 367 Å². The summed E-state index contributed by atoms with van der Waals surface area (Å²) in [6.45, 7) is 2.39. The number of phosphoric ester groups is 2. The monoisotopic (exact) mass is 1650 g/mol. The molecule has 0 bridgehead atoms. The molecule has 4 N–H and O–H groups in total. The minimum Gasteiger partial charge on any atom is -0.463 e. The molecule has 0 aliphatic carbocycles. The summed E-state index contributed by atoms with van der Waals surface area (Å²) in [6.07, 6.45) is 114. The van der Waals surface area contributed by atoms with Crippen molar-refractivity contribution in [2.75, 3.05) is 39.6 Å². The minimum atomic E-state index is -4.96. The highest BCUT2D eigenvalue weighted by Crippen LogP contribution is 2.45. The van der Waals surface area contributed by atoms with Crippen molar-refractivity contribution in [3.8, 4) is 0 Å². The van der Waals surface area contributed by atoms with Gasteiger partial charge in [-0.25, -0.2) is 9.13 Å². The zero-order chi connectivity index (χ0) is 83.6. The normalized spacial score (nSPS) is 14.6. The third kappa shape index (κ3) is 89.5. The van der Waals surface area contributed by atoms with Gasteiger partial charge in [0, 0.05) is 19.3 Å². The van der Waals surface area contributed by atoms with Gasteiger partial charge in [-0.15, -0.1) is 0 Å². The van der Waals surface area contributed by atoms with Crippen LogP contribution in [0.3, 0.4) is 0 Å². The molecule has 16 nitrogen and oxygen atoms in total.